The van der Waals surface area contributed by atoms with Gasteiger partial charge in [0.1, 0.15) is 0 Å². The van der Waals surface area contributed by atoms with E-state index >= 15 is 0 Å². The van der Waals surface area contributed by atoms with Gasteiger partial charge in [-0.05, 0) is 42.6 Å². The first-order valence-electron chi connectivity index (χ1n) is 12.5. The molecule has 8 heteroatoms. The van der Waals surface area contributed by atoms with Crippen molar-refractivity contribution in [2.45, 2.75) is 13.0 Å². The summed E-state index contributed by atoms with van der Waals surface area (Å²) in [7, 11) is 1.85. The Labute approximate surface area is 224 Å². The highest BCUT2D eigenvalue weighted by atomic mass is 16.1. The van der Waals surface area contributed by atoms with Gasteiger partial charge >= 0.3 is 0 Å². The molecular weight excluding hydrogens is 486 g/mol. The van der Waals surface area contributed by atoms with Gasteiger partial charge in [-0.2, -0.15) is 10.2 Å². The van der Waals surface area contributed by atoms with E-state index in [1.165, 1.54) is 0 Å². The van der Waals surface area contributed by atoms with Gasteiger partial charge in [0.05, 0.1) is 34.9 Å². The first-order chi connectivity index (χ1) is 19.0. The van der Waals surface area contributed by atoms with Crippen LogP contribution < -0.4 is 10.9 Å². The molecule has 0 aliphatic carbocycles. The van der Waals surface area contributed by atoms with Crippen molar-refractivity contribution in [1.29, 1.82) is 0 Å². The summed E-state index contributed by atoms with van der Waals surface area (Å²) in [5.41, 5.74) is 5.05. The summed E-state index contributed by atoms with van der Waals surface area (Å²) in [6.07, 6.45) is 8.86. The van der Waals surface area contributed by atoms with E-state index in [-0.39, 0.29) is 11.6 Å². The van der Waals surface area contributed by atoms with E-state index in [0.29, 0.717) is 22.3 Å². The molecule has 2 aromatic carbocycles. The molecule has 190 valence electrons. The van der Waals surface area contributed by atoms with E-state index in [9.17, 15) is 4.79 Å². The number of para-hydroxylation sites is 1. The minimum absolute atomic E-state index is 0.137. The van der Waals surface area contributed by atoms with Crippen molar-refractivity contribution < 1.29 is 0 Å². The van der Waals surface area contributed by atoms with Crippen molar-refractivity contribution >= 4 is 22.1 Å². The van der Waals surface area contributed by atoms with Gasteiger partial charge in [-0.25, -0.2) is 9.50 Å². The average Bonchev–Trinajstić information content (AvgIpc) is 3.58. The molecule has 1 atom stereocenters. The van der Waals surface area contributed by atoms with Crippen LogP contribution in [-0.2, 0) is 7.05 Å². The number of hydrogen-bond donors (Lipinski definition) is 1. The third-order valence-electron chi connectivity index (χ3n) is 6.57. The number of aromatic nitrogens is 6. The van der Waals surface area contributed by atoms with E-state index in [0.717, 1.165) is 27.9 Å². The Morgan fingerprint density at radius 2 is 1.87 bits per heavy atom. The monoisotopic (exact) mass is 511 g/mol. The lowest BCUT2D eigenvalue weighted by Crippen LogP contribution is -2.28. The summed E-state index contributed by atoms with van der Waals surface area (Å²) in [5, 5.41) is 13.4. The minimum Gasteiger partial charge on any atom is -0.377 e. The van der Waals surface area contributed by atoms with Crippen molar-refractivity contribution in [2.24, 2.45) is 7.05 Å². The Morgan fingerprint density at radius 3 is 2.67 bits per heavy atom. The van der Waals surface area contributed by atoms with Crippen LogP contribution in [0.25, 0.3) is 27.8 Å². The summed E-state index contributed by atoms with van der Waals surface area (Å²) in [6, 6.07) is 19.0. The molecule has 0 spiro atoms. The topological polar surface area (TPSA) is 82.0 Å². The number of pyridine rings is 1. The summed E-state index contributed by atoms with van der Waals surface area (Å²) >= 11 is 0. The number of rotatable bonds is 5. The molecule has 39 heavy (non-hydrogen) atoms. The first-order valence-corrected chi connectivity index (χ1v) is 12.5. The fourth-order valence-corrected chi connectivity index (χ4v) is 4.73. The van der Waals surface area contributed by atoms with Gasteiger partial charge in [-0.3, -0.25) is 14.0 Å². The maximum absolute atomic E-state index is 14.2. The number of aryl methyl sites for hydroxylation is 1. The smallest absolute Gasteiger partial charge is 0.264 e. The van der Waals surface area contributed by atoms with Crippen molar-refractivity contribution in [2.75, 3.05) is 0 Å². The summed E-state index contributed by atoms with van der Waals surface area (Å²) in [5.74, 6) is 6.33. The Morgan fingerprint density at radius 1 is 1.03 bits per heavy atom. The second-order valence-electron chi connectivity index (χ2n) is 9.26. The molecule has 0 radical (unpaired) electrons. The molecule has 4 heterocycles. The second-order valence-corrected chi connectivity index (χ2v) is 9.26. The van der Waals surface area contributed by atoms with Gasteiger partial charge in [0.25, 0.3) is 5.56 Å². The largest absolute Gasteiger partial charge is 0.377 e. The lowest BCUT2D eigenvalue weighted by molar-refractivity contribution is 0.652. The van der Waals surface area contributed by atoms with Crippen molar-refractivity contribution in [1.82, 2.24) is 34.3 Å². The highest BCUT2D eigenvalue weighted by molar-refractivity contribution is 5.88. The minimum atomic E-state index is -0.265. The molecule has 0 aliphatic rings. The van der Waals surface area contributed by atoms with Crippen molar-refractivity contribution in [3.05, 3.63) is 131 Å². The molecule has 6 rings (SSSR count). The Balaban J connectivity index is 1.47. The summed E-state index contributed by atoms with van der Waals surface area (Å²) < 4.78 is 5.15. The Bertz CT molecular complexity index is 1970. The summed E-state index contributed by atoms with van der Waals surface area (Å²) in [6.45, 7) is 6.26. The van der Waals surface area contributed by atoms with Gasteiger partial charge in [0.2, 0.25) is 0 Å². The molecule has 6 aromatic rings. The van der Waals surface area contributed by atoms with E-state index in [2.05, 4.69) is 38.9 Å². The normalized spacial score (nSPS) is 11.7. The van der Waals surface area contributed by atoms with E-state index in [4.69, 9.17) is 0 Å². The standard InChI is InChI=1S/C31H25N7O/c1-21(27-19-34-37-16-8-15-32-30(27)37)35-22(2)28-17-25-10-7-9-24(14-13-23-18-33-36(3)20-23)29(25)31(39)38(28)26-11-5-4-6-12-26/h4-12,15-20,22,35H,1H2,2-3H3/t22-/m1/s1. The highest BCUT2D eigenvalue weighted by Gasteiger charge is 2.19. The third-order valence-corrected chi connectivity index (χ3v) is 6.57. The molecule has 0 saturated heterocycles. The molecule has 0 bridgehead atoms. The van der Waals surface area contributed by atoms with Crippen LogP contribution in [0.4, 0.5) is 0 Å². The average molecular weight is 512 g/mol. The van der Waals surface area contributed by atoms with Gasteiger partial charge in [-0.15, -0.1) is 0 Å². The molecule has 0 aliphatic heterocycles. The van der Waals surface area contributed by atoms with Crippen LogP contribution in [-0.4, -0.2) is 28.9 Å². The fourth-order valence-electron chi connectivity index (χ4n) is 4.73. The molecular formula is C31H25N7O. The van der Waals surface area contributed by atoms with Crippen LogP contribution in [0.5, 0.6) is 0 Å². The molecule has 8 nitrogen and oxygen atoms in total. The maximum Gasteiger partial charge on any atom is 0.264 e. The molecule has 4 aromatic heterocycles. The maximum atomic E-state index is 14.2. The van der Waals surface area contributed by atoms with Crippen LogP contribution in [0.1, 0.15) is 35.3 Å². The van der Waals surface area contributed by atoms with Gasteiger partial charge < -0.3 is 5.32 Å². The lowest BCUT2D eigenvalue weighted by Gasteiger charge is -2.22. The van der Waals surface area contributed by atoms with Gasteiger partial charge in [-0.1, -0.05) is 48.8 Å². The summed E-state index contributed by atoms with van der Waals surface area (Å²) in [4.78, 5) is 18.6. The van der Waals surface area contributed by atoms with Crippen LogP contribution in [0.2, 0.25) is 0 Å². The highest BCUT2D eigenvalue weighted by Crippen LogP contribution is 2.25. The van der Waals surface area contributed by atoms with Crippen molar-refractivity contribution in [3.63, 3.8) is 0 Å². The van der Waals surface area contributed by atoms with Crippen LogP contribution in [0, 0.1) is 11.8 Å². The molecule has 0 unspecified atom stereocenters. The number of benzene rings is 2. The zero-order chi connectivity index (χ0) is 26.9. The molecule has 0 fully saturated rings. The van der Waals surface area contributed by atoms with Crippen LogP contribution in [0.15, 0.2) is 103 Å². The fraction of sp³-hybridized carbons (Fsp3) is 0.0968. The lowest BCUT2D eigenvalue weighted by atomic mass is 10.0. The number of fused-ring (bicyclic) bond motifs is 2. The predicted octanol–water partition coefficient (Wildman–Crippen LogP) is 4.49. The Hall–Kier alpha value is -5.42. The van der Waals surface area contributed by atoms with Gasteiger partial charge in [0, 0.05) is 48.3 Å². The third kappa shape index (κ3) is 4.47. The van der Waals surface area contributed by atoms with E-state index in [1.807, 2.05) is 87.0 Å². The van der Waals surface area contributed by atoms with Crippen LogP contribution in [0.3, 0.4) is 0 Å². The first kappa shape index (κ1) is 23.9. The second kappa shape index (κ2) is 9.80. The SMILES string of the molecule is C=C(N[C@H](C)c1cc2cccc(C#Cc3cnn(C)c3)c2c(=O)n1-c1ccccc1)c1cnn2cccnc12. The zero-order valence-electron chi connectivity index (χ0n) is 21.5. The van der Waals surface area contributed by atoms with E-state index < -0.39 is 0 Å². The molecule has 0 amide bonds. The zero-order valence-corrected chi connectivity index (χ0v) is 21.5. The molecule has 0 saturated carbocycles. The number of nitrogens with zero attached hydrogens (tertiary/aromatic N) is 6. The number of hydrogen-bond acceptors (Lipinski definition) is 5. The van der Waals surface area contributed by atoms with Crippen LogP contribution >= 0.6 is 0 Å². The molecule has 1 N–H and O–H groups in total. The van der Waals surface area contributed by atoms with Gasteiger partial charge in [0.15, 0.2) is 5.65 Å². The Kier molecular flexibility index (Phi) is 6.02. The number of nitrogens with one attached hydrogen (secondary N) is 1. The van der Waals surface area contributed by atoms with E-state index in [1.54, 1.807) is 32.4 Å². The predicted molar refractivity (Wildman–Crippen MR) is 152 cm³/mol. The van der Waals surface area contributed by atoms with Crippen molar-refractivity contribution in [3.8, 4) is 17.5 Å². The quantitative estimate of drug-likeness (QED) is 0.345.